The zero-order chi connectivity index (χ0) is 9.94. The van der Waals surface area contributed by atoms with E-state index in [1.165, 1.54) is 12.2 Å². The number of carboxylic acid groups (broad SMARTS) is 1. The lowest BCUT2D eigenvalue weighted by atomic mass is 10.4. The summed E-state index contributed by atoms with van der Waals surface area (Å²) in [5.41, 5.74) is 0. The molecule has 0 aromatic rings. The molecule has 0 radical (unpaired) electrons. The second-order valence-corrected chi connectivity index (χ2v) is 1.66. The van der Waals surface area contributed by atoms with Crippen LogP contribution in [-0.4, -0.2) is 22.8 Å². The van der Waals surface area contributed by atoms with Crippen LogP contribution in [0.15, 0.2) is 12.2 Å². The van der Waals surface area contributed by atoms with Crippen molar-refractivity contribution in [1.29, 1.82) is 0 Å². The SMILES string of the molecule is O=C(O)C#CC#CC#CC=CCO. The molecule has 0 spiro atoms. The molecule has 0 saturated heterocycles. The van der Waals surface area contributed by atoms with Crippen molar-refractivity contribution in [1.82, 2.24) is 0 Å². The minimum atomic E-state index is -1.22. The van der Waals surface area contributed by atoms with E-state index in [2.05, 4.69) is 29.6 Å². The first kappa shape index (κ1) is 10.8. The third-order valence-corrected chi connectivity index (χ3v) is 0.736. The molecule has 0 amide bonds. The highest BCUT2D eigenvalue weighted by molar-refractivity contribution is 5.87. The fourth-order valence-electron chi connectivity index (χ4n) is 0.337. The second-order valence-electron chi connectivity index (χ2n) is 1.66. The van der Waals surface area contributed by atoms with Gasteiger partial charge in [-0.1, -0.05) is 12.0 Å². The van der Waals surface area contributed by atoms with Gasteiger partial charge in [-0.2, -0.15) is 0 Å². The van der Waals surface area contributed by atoms with Crippen molar-refractivity contribution in [2.75, 3.05) is 6.61 Å². The van der Waals surface area contributed by atoms with Gasteiger partial charge in [0.2, 0.25) is 0 Å². The van der Waals surface area contributed by atoms with Gasteiger partial charge in [-0.15, -0.1) is 0 Å². The molecule has 0 aliphatic carbocycles. The van der Waals surface area contributed by atoms with Gasteiger partial charge in [-0.25, -0.2) is 4.79 Å². The van der Waals surface area contributed by atoms with Crippen molar-refractivity contribution in [3.8, 4) is 35.5 Å². The van der Waals surface area contributed by atoms with Gasteiger partial charge in [0, 0.05) is 5.92 Å². The molecule has 2 N–H and O–H groups in total. The van der Waals surface area contributed by atoms with Crippen LogP contribution in [0, 0.1) is 35.5 Å². The molecule has 3 heteroatoms. The number of carboxylic acids is 1. The van der Waals surface area contributed by atoms with Crippen LogP contribution in [-0.2, 0) is 4.79 Å². The van der Waals surface area contributed by atoms with Crippen molar-refractivity contribution in [3.63, 3.8) is 0 Å². The number of allylic oxidation sites excluding steroid dienone is 1. The van der Waals surface area contributed by atoms with Crippen LogP contribution in [0.2, 0.25) is 0 Å². The van der Waals surface area contributed by atoms with Gasteiger partial charge < -0.3 is 10.2 Å². The molecule has 3 nitrogen and oxygen atoms in total. The van der Waals surface area contributed by atoms with E-state index in [4.69, 9.17) is 10.2 Å². The van der Waals surface area contributed by atoms with E-state index in [-0.39, 0.29) is 6.61 Å². The van der Waals surface area contributed by atoms with Gasteiger partial charge in [0.05, 0.1) is 6.61 Å². The Balaban J connectivity index is 3.99. The van der Waals surface area contributed by atoms with E-state index in [0.29, 0.717) is 0 Å². The van der Waals surface area contributed by atoms with Crippen molar-refractivity contribution < 1.29 is 15.0 Å². The average Bonchev–Trinajstić information content (AvgIpc) is 2.09. The molecule has 64 valence electrons. The molecular formula is C10H6O3. The van der Waals surface area contributed by atoms with E-state index >= 15 is 0 Å². The summed E-state index contributed by atoms with van der Waals surface area (Å²) in [6, 6.07) is 0. The third-order valence-electron chi connectivity index (χ3n) is 0.736. The zero-order valence-electron chi connectivity index (χ0n) is 6.66. The van der Waals surface area contributed by atoms with E-state index in [1.54, 1.807) is 0 Å². The zero-order valence-corrected chi connectivity index (χ0v) is 6.66. The predicted octanol–water partition coefficient (Wildman–Crippen LogP) is -0.370. The maximum Gasteiger partial charge on any atom is 0.382 e. The summed E-state index contributed by atoms with van der Waals surface area (Å²) < 4.78 is 0. The fraction of sp³-hybridized carbons (Fsp3) is 0.100. The van der Waals surface area contributed by atoms with Crippen molar-refractivity contribution in [3.05, 3.63) is 12.2 Å². The first-order valence-corrected chi connectivity index (χ1v) is 3.27. The molecule has 0 rings (SSSR count). The average molecular weight is 174 g/mol. The molecule has 0 aromatic carbocycles. The highest BCUT2D eigenvalue weighted by Crippen LogP contribution is 1.65. The summed E-state index contributed by atoms with van der Waals surface area (Å²) in [7, 11) is 0. The van der Waals surface area contributed by atoms with Crippen LogP contribution < -0.4 is 0 Å². The molecule has 0 bridgehead atoms. The summed E-state index contributed by atoms with van der Waals surface area (Å²) in [5, 5.41) is 16.4. The molecule has 0 saturated carbocycles. The topological polar surface area (TPSA) is 57.5 Å². The maximum atomic E-state index is 9.86. The number of aliphatic hydroxyl groups is 1. The Morgan fingerprint density at radius 2 is 1.92 bits per heavy atom. The van der Waals surface area contributed by atoms with Gasteiger partial charge in [0.25, 0.3) is 0 Å². The van der Waals surface area contributed by atoms with Crippen LogP contribution in [0.5, 0.6) is 0 Å². The first-order valence-electron chi connectivity index (χ1n) is 3.27. The lowest BCUT2D eigenvalue weighted by Gasteiger charge is -1.68. The van der Waals surface area contributed by atoms with Crippen LogP contribution in [0.25, 0.3) is 0 Å². The van der Waals surface area contributed by atoms with Gasteiger partial charge in [-0.05, 0) is 29.8 Å². The minimum Gasteiger partial charge on any atom is -0.472 e. The summed E-state index contributed by atoms with van der Waals surface area (Å²) in [6.45, 7) is -0.0685. The molecule has 13 heavy (non-hydrogen) atoms. The number of aliphatic carboxylic acids is 1. The Bertz CT molecular complexity index is 372. The van der Waals surface area contributed by atoms with E-state index < -0.39 is 5.97 Å². The van der Waals surface area contributed by atoms with E-state index in [9.17, 15) is 4.79 Å². The lowest BCUT2D eigenvalue weighted by Crippen LogP contribution is -1.85. The number of hydrogen-bond donors (Lipinski definition) is 2. The number of rotatable bonds is 1. The number of carbonyl (C=O) groups is 1. The van der Waals surface area contributed by atoms with Crippen LogP contribution >= 0.6 is 0 Å². The fourth-order valence-corrected chi connectivity index (χ4v) is 0.337. The predicted molar refractivity (Wildman–Crippen MR) is 47.2 cm³/mol. The Labute approximate surface area is 76.1 Å². The Kier molecular flexibility index (Phi) is 6.64. The molecule has 0 aromatic heterocycles. The van der Waals surface area contributed by atoms with Crippen molar-refractivity contribution in [2.45, 2.75) is 0 Å². The smallest absolute Gasteiger partial charge is 0.382 e. The molecule has 0 atom stereocenters. The Hall–Kier alpha value is -2.15. The third kappa shape index (κ3) is 9.85. The van der Waals surface area contributed by atoms with Crippen molar-refractivity contribution in [2.24, 2.45) is 0 Å². The number of aliphatic hydroxyl groups excluding tert-OH is 1. The van der Waals surface area contributed by atoms with E-state index in [0.717, 1.165) is 0 Å². The molecule has 0 heterocycles. The van der Waals surface area contributed by atoms with Gasteiger partial charge >= 0.3 is 5.97 Å². The standard InChI is InChI=1S/C10H6O3/c11-9-7-5-3-1-2-4-6-8-10(12)13/h5,7,11H,9H2,(H,12,13). The lowest BCUT2D eigenvalue weighted by molar-refractivity contribution is -0.130. The van der Waals surface area contributed by atoms with Crippen LogP contribution in [0.3, 0.4) is 0 Å². The number of hydrogen-bond acceptors (Lipinski definition) is 2. The highest BCUT2D eigenvalue weighted by Gasteiger charge is 1.78. The normalized spacial score (nSPS) is 7.15. The molecule has 0 aliphatic heterocycles. The maximum absolute atomic E-state index is 9.86. The Morgan fingerprint density at radius 3 is 2.54 bits per heavy atom. The van der Waals surface area contributed by atoms with Gasteiger partial charge in [0.15, 0.2) is 0 Å². The summed E-state index contributed by atoms with van der Waals surface area (Å²) in [4.78, 5) is 9.86. The quantitative estimate of drug-likeness (QED) is 0.533. The largest absolute Gasteiger partial charge is 0.472 e. The van der Waals surface area contributed by atoms with Gasteiger partial charge in [-0.3, -0.25) is 0 Å². The molecule has 0 aliphatic rings. The monoisotopic (exact) mass is 174 g/mol. The summed E-state index contributed by atoms with van der Waals surface area (Å²) in [5.74, 6) is 12.1. The van der Waals surface area contributed by atoms with Crippen LogP contribution in [0.1, 0.15) is 0 Å². The summed E-state index contributed by atoms with van der Waals surface area (Å²) >= 11 is 0. The Morgan fingerprint density at radius 1 is 1.23 bits per heavy atom. The first-order chi connectivity index (χ1) is 6.27. The molecule has 0 fully saturated rings. The summed E-state index contributed by atoms with van der Waals surface area (Å²) in [6.07, 6.45) is 2.90. The van der Waals surface area contributed by atoms with E-state index in [1.807, 2.05) is 5.92 Å². The van der Waals surface area contributed by atoms with Gasteiger partial charge in [0.1, 0.15) is 0 Å². The molecule has 0 unspecified atom stereocenters. The second kappa shape index (κ2) is 7.95. The molecular weight excluding hydrogens is 168 g/mol. The highest BCUT2D eigenvalue weighted by atomic mass is 16.4. The van der Waals surface area contributed by atoms with Crippen LogP contribution in [0.4, 0.5) is 0 Å². The van der Waals surface area contributed by atoms with Crippen molar-refractivity contribution >= 4 is 5.97 Å². The minimum absolute atomic E-state index is 0.0685.